The maximum atomic E-state index is 13.0. The molecule has 2 aromatic rings. The van der Waals surface area contributed by atoms with E-state index in [0.717, 1.165) is 5.75 Å². The SMILES string of the molecule is CCOc1ccc(OCCC(=O)OCC(=O)Nc2cccc(F)c2)cc1. The van der Waals surface area contributed by atoms with Crippen molar-refractivity contribution in [1.29, 1.82) is 0 Å². The zero-order valence-corrected chi connectivity index (χ0v) is 14.4. The third-order valence-corrected chi connectivity index (χ3v) is 3.18. The number of esters is 1. The molecule has 0 aliphatic rings. The molecule has 0 heterocycles. The smallest absolute Gasteiger partial charge is 0.309 e. The van der Waals surface area contributed by atoms with E-state index in [2.05, 4.69) is 5.32 Å². The number of rotatable bonds is 9. The number of carbonyl (C=O) groups is 2. The highest BCUT2D eigenvalue weighted by molar-refractivity contribution is 5.92. The van der Waals surface area contributed by atoms with E-state index in [0.29, 0.717) is 18.0 Å². The summed E-state index contributed by atoms with van der Waals surface area (Å²) in [5.74, 6) is -0.235. The lowest BCUT2D eigenvalue weighted by Gasteiger charge is -2.08. The van der Waals surface area contributed by atoms with Crippen LogP contribution >= 0.6 is 0 Å². The summed E-state index contributed by atoms with van der Waals surface area (Å²) >= 11 is 0. The fourth-order valence-corrected chi connectivity index (χ4v) is 2.03. The molecular weight excluding hydrogens is 341 g/mol. The van der Waals surface area contributed by atoms with Gasteiger partial charge in [0.1, 0.15) is 17.3 Å². The standard InChI is InChI=1S/C19H20FNO5/c1-2-24-16-6-8-17(9-7-16)25-11-10-19(23)26-13-18(22)21-15-5-3-4-14(20)12-15/h3-9,12H,2,10-11,13H2,1H3,(H,21,22). The zero-order valence-electron chi connectivity index (χ0n) is 14.4. The molecular formula is C19H20FNO5. The predicted molar refractivity (Wildman–Crippen MR) is 93.7 cm³/mol. The fourth-order valence-electron chi connectivity index (χ4n) is 2.03. The van der Waals surface area contributed by atoms with E-state index in [4.69, 9.17) is 14.2 Å². The van der Waals surface area contributed by atoms with Gasteiger partial charge in [-0.1, -0.05) is 6.07 Å². The Kier molecular flexibility index (Phi) is 7.42. The molecule has 0 aliphatic heterocycles. The van der Waals surface area contributed by atoms with E-state index < -0.39 is 24.3 Å². The lowest BCUT2D eigenvalue weighted by Crippen LogP contribution is -2.21. The van der Waals surface area contributed by atoms with Crippen LogP contribution in [0.5, 0.6) is 11.5 Å². The quantitative estimate of drug-likeness (QED) is 0.695. The fraction of sp³-hybridized carbons (Fsp3) is 0.263. The number of hydrogen-bond acceptors (Lipinski definition) is 5. The Hall–Kier alpha value is -3.09. The Morgan fingerprint density at radius 2 is 1.73 bits per heavy atom. The Labute approximate surface area is 150 Å². The summed E-state index contributed by atoms with van der Waals surface area (Å²) in [5.41, 5.74) is 0.296. The van der Waals surface area contributed by atoms with Crippen molar-refractivity contribution in [2.24, 2.45) is 0 Å². The molecule has 0 unspecified atom stereocenters. The van der Waals surface area contributed by atoms with Gasteiger partial charge in [-0.2, -0.15) is 0 Å². The summed E-state index contributed by atoms with van der Waals surface area (Å²) < 4.78 is 28.6. The Bertz CT molecular complexity index is 733. The molecule has 138 valence electrons. The molecule has 0 spiro atoms. The van der Waals surface area contributed by atoms with E-state index in [1.54, 1.807) is 24.3 Å². The second kappa shape index (κ2) is 10.0. The molecule has 26 heavy (non-hydrogen) atoms. The third kappa shape index (κ3) is 6.80. The highest BCUT2D eigenvalue weighted by atomic mass is 19.1. The highest BCUT2D eigenvalue weighted by Gasteiger charge is 2.09. The van der Waals surface area contributed by atoms with E-state index in [1.165, 1.54) is 24.3 Å². The minimum Gasteiger partial charge on any atom is -0.494 e. The van der Waals surface area contributed by atoms with Crippen LogP contribution in [0.25, 0.3) is 0 Å². The first kappa shape index (κ1) is 19.2. The van der Waals surface area contributed by atoms with Gasteiger partial charge in [-0.3, -0.25) is 9.59 Å². The number of benzene rings is 2. The molecule has 1 amide bonds. The first-order chi connectivity index (χ1) is 12.6. The van der Waals surface area contributed by atoms with Crippen molar-refractivity contribution in [3.8, 4) is 11.5 Å². The highest BCUT2D eigenvalue weighted by Crippen LogP contribution is 2.17. The number of amides is 1. The van der Waals surface area contributed by atoms with Crippen molar-refractivity contribution in [2.45, 2.75) is 13.3 Å². The van der Waals surface area contributed by atoms with Crippen molar-refractivity contribution in [3.05, 3.63) is 54.3 Å². The van der Waals surface area contributed by atoms with E-state index in [9.17, 15) is 14.0 Å². The Morgan fingerprint density at radius 3 is 2.38 bits per heavy atom. The Morgan fingerprint density at radius 1 is 1.04 bits per heavy atom. The average Bonchev–Trinajstić information content (AvgIpc) is 2.62. The van der Waals surface area contributed by atoms with Gasteiger partial charge >= 0.3 is 5.97 Å². The van der Waals surface area contributed by atoms with Gasteiger partial charge < -0.3 is 19.5 Å². The van der Waals surface area contributed by atoms with Crippen molar-refractivity contribution in [2.75, 3.05) is 25.1 Å². The maximum Gasteiger partial charge on any atom is 0.309 e. The van der Waals surface area contributed by atoms with Crippen LogP contribution in [0.3, 0.4) is 0 Å². The van der Waals surface area contributed by atoms with Gasteiger partial charge in [-0.25, -0.2) is 4.39 Å². The third-order valence-electron chi connectivity index (χ3n) is 3.18. The second-order valence-corrected chi connectivity index (χ2v) is 5.22. The summed E-state index contributed by atoms with van der Waals surface area (Å²) in [5, 5.41) is 2.44. The zero-order chi connectivity index (χ0) is 18.8. The first-order valence-electron chi connectivity index (χ1n) is 8.13. The molecule has 0 bridgehead atoms. The molecule has 0 aliphatic carbocycles. The Balaban J connectivity index is 1.64. The molecule has 0 fully saturated rings. The summed E-state index contributed by atoms with van der Waals surface area (Å²) in [6, 6.07) is 12.5. The molecule has 1 N–H and O–H groups in total. The van der Waals surface area contributed by atoms with Crippen LogP contribution < -0.4 is 14.8 Å². The van der Waals surface area contributed by atoms with Crippen molar-refractivity contribution in [3.63, 3.8) is 0 Å². The molecule has 6 nitrogen and oxygen atoms in total. The average molecular weight is 361 g/mol. The number of nitrogens with one attached hydrogen (secondary N) is 1. The van der Waals surface area contributed by atoms with Crippen LogP contribution in [0.1, 0.15) is 13.3 Å². The summed E-state index contributed by atoms with van der Waals surface area (Å²) in [6.07, 6.45) is 0.000453. The summed E-state index contributed by atoms with van der Waals surface area (Å²) in [6.45, 7) is 2.16. The minimum absolute atomic E-state index is 0.000453. The first-order valence-corrected chi connectivity index (χ1v) is 8.13. The predicted octanol–water partition coefficient (Wildman–Crippen LogP) is 3.18. The summed E-state index contributed by atoms with van der Waals surface area (Å²) in [7, 11) is 0. The molecule has 0 radical (unpaired) electrons. The normalized spacial score (nSPS) is 10.1. The van der Waals surface area contributed by atoms with Crippen molar-refractivity contribution < 1.29 is 28.2 Å². The second-order valence-electron chi connectivity index (χ2n) is 5.22. The van der Waals surface area contributed by atoms with E-state index in [1.807, 2.05) is 6.92 Å². The number of halogens is 1. The lowest BCUT2D eigenvalue weighted by atomic mass is 10.3. The number of ether oxygens (including phenoxy) is 3. The lowest BCUT2D eigenvalue weighted by molar-refractivity contribution is -0.147. The molecule has 0 atom stereocenters. The monoisotopic (exact) mass is 361 g/mol. The molecule has 0 saturated heterocycles. The minimum atomic E-state index is -0.565. The van der Waals surface area contributed by atoms with Crippen LogP contribution in [0.2, 0.25) is 0 Å². The van der Waals surface area contributed by atoms with Gasteiger partial charge in [0.25, 0.3) is 5.91 Å². The number of carbonyl (C=O) groups excluding carboxylic acids is 2. The number of anilines is 1. The van der Waals surface area contributed by atoms with Crippen molar-refractivity contribution in [1.82, 2.24) is 0 Å². The molecule has 2 rings (SSSR count). The van der Waals surface area contributed by atoms with Gasteiger partial charge in [0.2, 0.25) is 0 Å². The summed E-state index contributed by atoms with van der Waals surface area (Å²) in [4.78, 5) is 23.3. The molecule has 7 heteroatoms. The topological polar surface area (TPSA) is 73.9 Å². The van der Waals surface area contributed by atoms with Gasteiger partial charge in [0.05, 0.1) is 19.6 Å². The van der Waals surface area contributed by atoms with Gasteiger partial charge in [-0.05, 0) is 49.4 Å². The van der Waals surface area contributed by atoms with Crippen LogP contribution in [0.15, 0.2) is 48.5 Å². The van der Waals surface area contributed by atoms with E-state index >= 15 is 0 Å². The van der Waals surface area contributed by atoms with Gasteiger partial charge in [0.15, 0.2) is 6.61 Å². The largest absolute Gasteiger partial charge is 0.494 e. The van der Waals surface area contributed by atoms with E-state index in [-0.39, 0.29) is 13.0 Å². The van der Waals surface area contributed by atoms with Crippen LogP contribution in [0.4, 0.5) is 10.1 Å². The maximum absolute atomic E-state index is 13.0. The number of hydrogen-bond donors (Lipinski definition) is 1. The van der Waals surface area contributed by atoms with Crippen LogP contribution in [-0.2, 0) is 14.3 Å². The van der Waals surface area contributed by atoms with Gasteiger partial charge in [0, 0.05) is 5.69 Å². The molecule has 0 saturated carbocycles. The van der Waals surface area contributed by atoms with Crippen LogP contribution in [0, 0.1) is 5.82 Å². The molecule has 0 aromatic heterocycles. The van der Waals surface area contributed by atoms with Crippen molar-refractivity contribution >= 4 is 17.6 Å². The molecule has 2 aromatic carbocycles. The van der Waals surface area contributed by atoms with Gasteiger partial charge in [-0.15, -0.1) is 0 Å². The van der Waals surface area contributed by atoms with Crippen LogP contribution in [-0.4, -0.2) is 31.7 Å².